The van der Waals surface area contributed by atoms with Gasteiger partial charge in [0.05, 0.1) is 0 Å². The Morgan fingerprint density at radius 2 is 1.64 bits per heavy atom. The van der Waals surface area contributed by atoms with Gasteiger partial charge in [0, 0.05) is 6.04 Å². The molecule has 2 N–H and O–H groups in total. The zero-order valence-corrected chi connectivity index (χ0v) is 15.1. The number of hydrogen-bond donors (Lipinski definition) is 1. The predicted molar refractivity (Wildman–Crippen MR) is 112 cm³/mol. The molecule has 0 saturated carbocycles. The van der Waals surface area contributed by atoms with E-state index in [4.69, 9.17) is 5.73 Å². The van der Waals surface area contributed by atoms with Crippen molar-refractivity contribution in [2.75, 3.05) is 0 Å². The zero-order chi connectivity index (χ0) is 17.1. The number of aryl methyl sites for hydroxylation is 1. The van der Waals surface area contributed by atoms with Gasteiger partial charge in [-0.25, -0.2) is 0 Å². The molecule has 1 atom stereocenters. The van der Waals surface area contributed by atoms with Crippen LogP contribution in [0.4, 0.5) is 0 Å². The first-order valence-electron chi connectivity index (χ1n) is 8.99. The van der Waals surface area contributed by atoms with Crippen LogP contribution in [0.3, 0.4) is 0 Å². The third-order valence-electron chi connectivity index (χ3n) is 5.01. The van der Waals surface area contributed by atoms with Crippen molar-refractivity contribution in [1.29, 1.82) is 0 Å². The van der Waals surface area contributed by atoms with Crippen molar-refractivity contribution >= 4 is 33.3 Å². The number of hydrogen-bond acceptors (Lipinski definition) is 2. The highest BCUT2D eigenvalue weighted by Gasteiger charge is 2.19. The van der Waals surface area contributed by atoms with Crippen LogP contribution in [0.5, 0.6) is 0 Å². The van der Waals surface area contributed by atoms with Gasteiger partial charge in [0.25, 0.3) is 0 Å². The maximum absolute atomic E-state index is 6.36. The van der Waals surface area contributed by atoms with E-state index in [9.17, 15) is 0 Å². The van der Waals surface area contributed by atoms with E-state index in [0.29, 0.717) is 0 Å². The summed E-state index contributed by atoms with van der Waals surface area (Å²) in [6.07, 6.45) is 8.90. The molecule has 1 heterocycles. The number of nitrogens with two attached hydrogens (primary N) is 1. The standard InChI is InChI=1S/C18H17N.C5H6S/c19-17-7-3-5-13-9-10-15-14-6-2-1-4-12(14)8-11-16(15)18(13)17;1-2-4-6-5-3-1/h1-2,4,6,8-11,17H,3,5,7,19H2;2-5H,1H2. The molecule has 1 aliphatic heterocycles. The van der Waals surface area contributed by atoms with Crippen molar-refractivity contribution in [3.05, 3.63) is 82.6 Å². The third kappa shape index (κ3) is 3.37. The first-order chi connectivity index (χ1) is 12.3. The normalized spacial score (nSPS) is 18.7. The van der Waals surface area contributed by atoms with Crippen LogP contribution in [-0.4, -0.2) is 0 Å². The largest absolute Gasteiger partial charge is 0.324 e. The fourth-order valence-corrected chi connectivity index (χ4v) is 4.35. The first kappa shape index (κ1) is 16.4. The van der Waals surface area contributed by atoms with Crippen molar-refractivity contribution in [2.45, 2.75) is 31.7 Å². The average Bonchev–Trinajstić information content (AvgIpc) is 2.69. The van der Waals surface area contributed by atoms with E-state index in [1.807, 2.05) is 0 Å². The van der Waals surface area contributed by atoms with Gasteiger partial charge in [-0.2, -0.15) is 0 Å². The number of fused-ring (bicyclic) bond motifs is 5. The van der Waals surface area contributed by atoms with Crippen molar-refractivity contribution in [2.24, 2.45) is 5.73 Å². The van der Waals surface area contributed by atoms with Crippen LogP contribution in [0.15, 0.2) is 71.5 Å². The summed E-state index contributed by atoms with van der Waals surface area (Å²) in [5.74, 6) is 0. The summed E-state index contributed by atoms with van der Waals surface area (Å²) in [5.41, 5.74) is 9.19. The Balaban J connectivity index is 0.000000223. The van der Waals surface area contributed by atoms with Crippen LogP contribution in [0.1, 0.15) is 36.4 Å². The Morgan fingerprint density at radius 3 is 2.40 bits per heavy atom. The average molecular weight is 346 g/mol. The Hall–Kier alpha value is -2.03. The minimum absolute atomic E-state index is 0.202. The highest BCUT2D eigenvalue weighted by Crippen LogP contribution is 2.36. The minimum Gasteiger partial charge on any atom is -0.324 e. The summed E-state index contributed by atoms with van der Waals surface area (Å²) in [5, 5.41) is 9.53. The third-order valence-corrected chi connectivity index (χ3v) is 5.71. The SMILES string of the molecule is C1=CSC=CC1.NC1CCCc2ccc3c(ccc4ccccc43)c21. The molecule has 3 aromatic rings. The monoisotopic (exact) mass is 345 g/mol. The van der Waals surface area contributed by atoms with E-state index in [1.165, 1.54) is 45.5 Å². The second-order valence-corrected chi connectivity index (χ2v) is 7.45. The Bertz CT molecular complexity index is 935. The molecule has 0 fully saturated rings. The van der Waals surface area contributed by atoms with Crippen molar-refractivity contribution in [3.63, 3.8) is 0 Å². The highest BCUT2D eigenvalue weighted by atomic mass is 32.2. The van der Waals surface area contributed by atoms with Gasteiger partial charge in [-0.15, -0.1) is 11.8 Å². The number of thioether (sulfide) groups is 1. The number of allylic oxidation sites excluding steroid dienone is 2. The fraction of sp³-hybridized carbons (Fsp3) is 0.217. The lowest BCUT2D eigenvalue weighted by molar-refractivity contribution is 0.575. The quantitative estimate of drug-likeness (QED) is 0.472. The molecule has 1 aliphatic carbocycles. The summed E-state index contributed by atoms with van der Waals surface area (Å²) in [6, 6.07) is 17.8. The van der Waals surface area contributed by atoms with Gasteiger partial charge in [-0.1, -0.05) is 60.7 Å². The van der Waals surface area contributed by atoms with E-state index < -0.39 is 0 Å². The molecule has 1 unspecified atom stereocenters. The molecule has 25 heavy (non-hydrogen) atoms. The van der Waals surface area contributed by atoms with Crippen LogP contribution < -0.4 is 5.73 Å². The molecule has 0 amide bonds. The predicted octanol–water partition coefficient (Wildman–Crippen LogP) is 6.48. The van der Waals surface area contributed by atoms with Crippen LogP contribution in [-0.2, 0) is 6.42 Å². The Morgan fingerprint density at radius 1 is 0.840 bits per heavy atom. The van der Waals surface area contributed by atoms with Gasteiger partial charge in [0.2, 0.25) is 0 Å². The van der Waals surface area contributed by atoms with Crippen LogP contribution >= 0.6 is 11.8 Å². The molecule has 0 radical (unpaired) electrons. The second-order valence-electron chi connectivity index (χ2n) is 6.63. The maximum Gasteiger partial charge on any atom is 0.0303 e. The fourth-order valence-electron chi connectivity index (χ4n) is 3.82. The van der Waals surface area contributed by atoms with Gasteiger partial charge in [-0.05, 0) is 69.2 Å². The second kappa shape index (κ2) is 7.47. The Kier molecular flexibility index (Phi) is 4.91. The minimum atomic E-state index is 0.202. The van der Waals surface area contributed by atoms with Crippen LogP contribution in [0, 0.1) is 0 Å². The Labute approximate surface area is 153 Å². The van der Waals surface area contributed by atoms with Crippen LogP contribution in [0.2, 0.25) is 0 Å². The molecule has 2 aliphatic rings. The molecule has 5 rings (SSSR count). The van der Waals surface area contributed by atoms with Gasteiger partial charge in [-0.3, -0.25) is 0 Å². The maximum atomic E-state index is 6.36. The molecule has 126 valence electrons. The number of rotatable bonds is 0. The van der Waals surface area contributed by atoms with Gasteiger partial charge in [0.1, 0.15) is 0 Å². The summed E-state index contributed by atoms with van der Waals surface area (Å²) >= 11 is 1.73. The highest BCUT2D eigenvalue weighted by molar-refractivity contribution is 8.04. The van der Waals surface area contributed by atoms with Crippen molar-refractivity contribution in [1.82, 2.24) is 0 Å². The van der Waals surface area contributed by atoms with E-state index in [1.54, 1.807) is 11.8 Å². The molecule has 3 aromatic carbocycles. The molecule has 0 bridgehead atoms. The van der Waals surface area contributed by atoms with Gasteiger partial charge < -0.3 is 5.73 Å². The summed E-state index contributed by atoms with van der Waals surface area (Å²) in [7, 11) is 0. The summed E-state index contributed by atoms with van der Waals surface area (Å²) < 4.78 is 0. The summed E-state index contributed by atoms with van der Waals surface area (Å²) in [4.78, 5) is 0. The first-order valence-corrected chi connectivity index (χ1v) is 9.93. The topological polar surface area (TPSA) is 26.0 Å². The molecule has 0 aromatic heterocycles. The molecule has 2 heteroatoms. The summed E-state index contributed by atoms with van der Waals surface area (Å²) in [6.45, 7) is 0. The molecular weight excluding hydrogens is 322 g/mol. The van der Waals surface area contributed by atoms with Gasteiger partial charge >= 0.3 is 0 Å². The molecule has 0 saturated heterocycles. The molecule has 0 spiro atoms. The van der Waals surface area contributed by atoms with E-state index in [-0.39, 0.29) is 6.04 Å². The van der Waals surface area contributed by atoms with E-state index >= 15 is 0 Å². The smallest absolute Gasteiger partial charge is 0.0303 e. The van der Waals surface area contributed by atoms with Crippen LogP contribution in [0.25, 0.3) is 21.5 Å². The molecular formula is C23H23NS. The lowest BCUT2D eigenvalue weighted by Crippen LogP contribution is -2.17. The molecule has 1 nitrogen and oxygen atoms in total. The van der Waals surface area contributed by atoms with E-state index in [2.05, 4.69) is 71.5 Å². The number of benzene rings is 3. The lowest BCUT2D eigenvalue weighted by atomic mass is 9.84. The van der Waals surface area contributed by atoms with Gasteiger partial charge in [0.15, 0.2) is 0 Å². The van der Waals surface area contributed by atoms with Crippen molar-refractivity contribution < 1.29 is 0 Å². The lowest BCUT2D eigenvalue weighted by Gasteiger charge is -2.24. The van der Waals surface area contributed by atoms with Crippen molar-refractivity contribution in [3.8, 4) is 0 Å². The van der Waals surface area contributed by atoms with E-state index in [0.717, 1.165) is 12.8 Å². The zero-order valence-electron chi connectivity index (χ0n) is 14.3.